The fraction of sp³-hybridized carbons (Fsp3) is 0.562. The van der Waals surface area contributed by atoms with Crippen LogP contribution in [0.4, 0.5) is 0 Å². The van der Waals surface area contributed by atoms with E-state index in [9.17, 15) is 4.79 Å². The fourth-order valence-corrected chi connectivity index (χ4v) is 2.86. The molecule has 1 aliphatic rings. The minimum absolute atomic E-state index is 0.0849. The lowest BCUT2D eigenvalue weighted by Gasteiger charge is -2.30. The highest BCUT2D eigenvalue weighted by atomic mass is 16.2. The van der Waals surface area contributed by atoms with Crippen LogP contribution in [0.1, 0.15) is 37.3 Å². The minimum atomic E-state index is -0.230. The molecule has 4 nitrogen and oxygen atoms in total. The molecule has 0 aliphatic heterocycles. The third-order valence-electron chi connectivity index (χ3n) is 4.00. The molecular formula is C16H25N3O. The molecule has 3 N–H and O–H groups in total. The molecule has 0 bridgehead atoms. The molecule has 20 heavy (non-hydrogen) atoms. The van der Waals surface area contributed by atoms with E-state index < -0.39 is 0 Å². The molecule has 0 saturated heterocycles. The lowest BCUT2D eigenvalue weighted by Crippen LogP contribution is -2.45. The zero-order chi connectivity index (χ0) is 14.5. The molecule has 1 fully saturated rings. The lowest BCUT2D eigenvalue weighted by molar-refractivity contribution is -0.126. The van der Waals surface area contributed by atoms with Gasteiger partial charge in [-0.25, -0.2) is 0 Å². The molecule has 2 rings (SSSR count). The van der Waals surface area contributed by atoms with Crippen LogP contribution in [0.5, 0.6) is 0 Å². The van der Waals surface area contributed by atoms with Gasteiger partial charge in [-0.15, -0.1) is 0 Å². The molecule has 110 valence electrons. The first kappa shape index (κ1) is 15.0. The predicted octanol–water partition coefficient (Wildman–Crippen LogP) is 1.68. The number of carbonyl (C=O) groups excluding carboxylic acids is 1. The summed E-state index contributed by atoms with van der Waals surface area (Å²) in [6, 6.07) is 10.3. The van der Waals surface area contributed by atoms with Gasteiger partial charge in [-0.05, 0) is 45.3 Å². The van der Waals surface area contributed by atoms with Crippen LogP contribution < -0.4 is 11.1 Å². The van der Waals surface area contributed by atoms with E-state index in [4.69, 9.17) is 5.73 Å². The van der Waals surface area contributed by atoms with Crippen molar-refractivity contribution in [2.24, 2.45) is 5.73 Å². The van der Waals surface area contributed by atoms with Crippen molar-refractivity contribution in [2.45, 2.75) is 43.8 Å². The summed E-state index contributed by atoms with van der Waals surface area (Å²) < 4.78 is 0. The number of benzene rings is 1. The van der Waals surface area contributed by atoms with E-state index in [0.29, 0.717) is 6.04 Å². The van der Waals surface area contributed by atoms with Gasteiger partial charge in [-0.3, -0.25) is 9.69 Å². The van der Waals surface area contributed by atoms with Gasteiger partial charge in [-0.2, -0.15) is 0 Å². The van der Waals surface area contributed by atoms with Crippen LogP contribution in [0, 0.1) is 0 Å². The molecule has 1 aliphatic carbocycles. The maximum absolute atomic E-state index is 12.6. The first-order valence-electron chi connectivity index (χ1n) is 7.35. The highest BCUT2D eigenvalue weighted by molar-refractivity contribution is 5.83. The fourth-order valence-electron chi connectivity index (χ4n) is 2.86. The van der Waals surface area contributed by atoms with Crippen LogP contribution >= 0.6 is 0 Å². The van der Waals surface area contributed by atoms with Crippen molar-refractivity contribution >= 4 is 5.91 Å². The Bertz CT molecular complexity index is 425. The van der Waals surface area contributed by atoms with Crippen LogP contribution in [-0.4, -0.2) is 37.0 Å². The van der Waals surface area contributed by atoms with Crippen LogP contribution in [0.25, 0.3) is 0 Å². The molecule has 1 unspecified atom stereocenters. The van der Waals surface area contributed by atoms with Crippen LogP contribution in [0.2, 0.25) is 0 Å². The minimum Gasteiger partial charge on any atom is -0.352 e. The van der Waals surface area contributed by atoms with E-state index in [-0.39, 0.29) is 18.0 Å². The summed E-state index contributed by atoms with van der Waals surface area (Å²) in [5.41, 5.74) is 6.94. The number of amides is 1. The highest BCUT2D eigenvalue weighted by Crippen LogP contribution is 2.21. The van der Waals surface area contributed by atoms with Crippen molar-refractivity contribution in [2.75, 3.05) is 14.1 Å². The van der Waals surface area contributed by atoms with Crippen molar-refractivity contribution in [3.05, 3.63) is 35.9 Å². The number of carbonyl (C=O) groups is 1. The Morgan fingerprint density at radius 3 is 2.35 bits per heavy atom. The maximum Gasteiger partial charge on any atom is 0.242 e. The Kier molecular flexibility index (Phi) is 5.15. The third kappa shape index (κ3) is 3.81. The Labute approximate surface area is 121 Å². The van der Waals surface area contributed by atoms with Gasteiger partial charge >= 0.3 is 0 Å². The Hall–Kier alpha value is -1.39. The molecule has 0 aromatic heterocycles. The first-order chi connectivity index (χ1) is 9.58. The average molecular weight is 275 g/mol. The topological polar surface area (TPSA) is 58.4 Å². The number of nitrogens with two attached hydrogens (primary N) is 1. The molecule has 1 atom stereocenters. The number of likely N-dealkylation sites (N-methyl/N-ethyl adjacent to an activating group) is 1. The average Bonchev–Trinajstić information content (AvgIpc) is 2.42. The van der Waals surface area contributed by atoms with Crippen molar-refractivity contribution in [1.82, 2.24) is 10.2 Å². The quantitative estimate of drug-likeness (QED) is 0.879. The van der Waals surface area contributed by atoms with E-state index in [1.54, 1.807) is 0 Å². The number of rotatable bonds is 4. The van der Waals surface area contributed by atoms with Gasteiger partial charge in [0.05, 0.1) is 0 Å². The molecule has 0 radical (unpaired) electrons. The van der Waals surface area contributed by atoms with Crippen LogP contribution in [0.15, 0.2) is 30.3 Å². The molecular weight excluding hydrogens is 250 g/mol. The monoisotopic (exact) mass is 275 g/mol. The second kappa shape index (κ2) is 6.86. The first-order valence-corrected chi connectivity index (χ1v) is 7.35. The predicted molar refractivity (Wildman–Crippen MR) is 81.2 cm³/mol. The van der Waals surface area contributed by atoms with E-state index in [1.807, 2.05) is 49.3 Å². The Balaban J connectivity index is 2.01. The number of nitrogens with one attached hydrogen (secondary N) is 1. The standard InChI is InChI=1S/C16H25N3O/c1-19(2)15(12-6-4-3-5-7-12)16(20)18-14-10-8-13(17)9-11-14/h3-7,13-15H,8-11,17H2,1-2H3,(H,18,20). The van der Waals surface area contributed by atoms with Gasteiger partial charge in [0.2, 0.25) is 5.91 Å². The van der Waals surface area contributed by atoms with E-state index in [0.717, 1.165) is 31.2 Å². The maximum atomic E-state index is 12.6. The molecule has 4 heteroatoms. The second-order valence-electron chi connectivity index (χ2n) is 5.90. The zero-order valence-electron chi connectivity index (χ0n) is 12.4. The largest absolute Gasteiger partial charge is 0.352 e. The molecule has 1 saturated carbocycles. The van der Waals surface area contributed by atoms with Gasteiger partial charge < -0.3 is 11.1 Å². The summed E-state index contributed by atoms with van der Waals surface area (Å²) in [7, 11) is 3.88. The van der Waals surface area contributed by atoms with E-state index in [1.165, 1.54) is 0 Å². The normalized spacial score (nSPS) is 24.4. The molecule has 0 heterocycles. The lowest BCUT2D eigenvalue weighted by atomic mass is 9.91. The third-order valence-corrected chi connectivity index (χ3v) is 4.00. The molecule has 1 amide bonds. The number of hydrogen-bond acceptors (Lipinski definition) is 3. The summed E-state index contributed by atoms with van der Waals surface area (Å²) in [6.45, 7) is 0. The van der Waals surface area contributed by atoms with Crippen molar-refractivity contribution < 1.29 is 4.79 Å². The molecule has 1 aromatic carbocycles. The Morgan fingerprint density at radius 1 is 1.20 bits per heavy atom. The van der Waals surface area contributed by atoms with Crippen LogP contribution in [0.3, 0.4) is 0 Å². The summed E-state index contributed by atoms with van der Waals surface area (Å²) >= 11 is 0. The van der Waals surface area contributed by atoms with Gasteiger partial charge in [0.25, 0.3) is 0 Å². The van der Waals surface area contributed by atoms with Crippen LogP contribution in [-0.2, 0) is 4.79 Å². The second-order valence-corrected chi connectivity index (χ2v) is 5.90. The molecule has 0 spiro atoms. The zero-order valence-corrected chi connectivity index (χ0v) is 12.4. The molecule has 1 aromatic rings. The highest BCUT2D eigenvalue weighted by Gasteiger charge is 2.26. The number of hydrogen-bond donors (Lipinski definition) is 2. The Morgan fingerprint density at radius 2 is 1.80 bits per heavy atom. The summed E-state index contributed by atoms with van der Waals surface area (Å²) in [4.78, 5) is 14.5. The SMILES string of the molecule is CN(C)C(C(=O)NC1CCC(N)CC1)c1ccccc1. The number of nitrogens with zero attached hydrogens (tertiary/aromatic N) is 1. The smallest absolute Gasteiger partial charge is 0.242 e. The summed E-state index contributed by atoms with van der Waals surface area (Å²) in [5, 5.41) is 3.18. The van der Waals surface area contributed by atoms with Crippen molar-refractivity contribution in [3.63, 3.8) is 0 Å². The summed E-state index contributed by atoms with van der Waals surface area (Å²) in [6.07, 6.45) is 3.98. The van der Waals surface area contributed by atoms with E-state index in [2.05, 4.69) is 5.32 Å². The van der Waals surface area contributed by atoms with Gasteiger partial charge in [-0.1, -0.05) is 30.3 Å². The van der Waals surface area contributed by atoms with Gasteiger partial charge in [0.15, 0.2) is 0 Å². The van der Waals surface area contributed by atoms with Crippen molar-refractivity contribution in [1.29, 1.82) is 0 Å². The van der Waals surface area contributed by atoms with Crippen molar-refractivity contribution in [3.8, 4) is 0 Å². The van der Waals surface area contributed by atoms with E-state index >= 15 is 0 Å². The van der Waals surface area contributed by atoms with Gasteiger partial charge in [0.1, 0.15) is 6.04 Å². The van der Waals surface area contributed by atoms with Gasteiger partial charge in [0, 0.05) is 12.1 Å². The summed E-state index contributed by atoms with van der Waals surface area (Å²) in [5.74, 6) is 0.0849.